The molecule has 1 amide bonds. The van der Waals surface area contributed by atoms with Gasteiger partial charge in [0, 0.05) is 37.8 Å². The van der Waals surface area contributed by atoms with Crippen molar-refractivity contribution in [1.29, 1.82) is 0 Å². The van der Waals surface area contributed by atoms with Crippen molar-refractivity contribution < 1.29 is 22.7 Å². The van der Waals surface area contributed by atoms with E-state index in [1.807, 2.05) is 6.92 Å². The van der Waals surface area contributed by atoms with Crippen molar-refractivity contribution in [3.05, 3.63) is 53.3 Å². The highest BCUT2D eigenvalue weighted by molar-refractivity contribution is 5.93. The van der Waals surface area contributed by atoms with Gasteiger partial charge in [0.1, 0.15) is 0 Å². The fraction of sp³-hybridized carbons (Fsp3) is 0.381. The molecule has 0 radical (unpaired) electrons. The van der Waals surface area contributed by atoms with E-state index in [1.165, 1.54) is 6.07 Å². The third-order valence-electron chi connectivity index (χ3n) is 5.11. The predicted octanol–water partition coefficient (Wildman–Crippen LogP) is 2.79. The first-order chi connectivity index (χ1) is 14.8. The van der Waals surface area contributed by atoms with Crippen molar-refractivity contribution in [3.8, 4) is 11.3 Å². The summed E-state index contributed by atoms with van der Waals surface area (Å²) in [5.74, 6) is -0.538. The van der Waals surface area contributed by atoms with Gasteiger partial charge < -0.3 is 10.1 Å². The molecule has 10 heteroatoms. The highest BCUT2D eigenvalue weighted by Crippen LogP contribution is 2.32. The summed E-state index contributed by atoms with van der Waals surface area (Å²) in [6, 6.07) is 9.26. The van der Waals surface area contributed by atoms with Gasteiger partial charge in [0.05, 0.1) is 18.9 Å². The summed E-state index contributed by atoms with van der Waals surface area (Å²) in [6.45, 7) is 5.75. The lowest BCUT2D eigenvalue weighted by molar-refractivity contribution is -0.142. The number of fused-ring (bicyclic) bond motifs is 1. The van der Waals surface area contributed by atoms with Gasteiger partial charge in [0.25, 0.3) is 5.91 Å². The highest BCUT2D eigenvalue weighted by atomic mass is 19.4. The zero-order valence-corrected chi connectivity index (χ0v) is 16.9. The molecule has 1 aromatic carbocycles. The van der Waals surface area contributed by atoms with Crippen molar-refractivity contribution in [1.82, 2.24) is 24.8 Å². The maximum absolute atomic E-state index is 13.7. The zero-order valence-electron chi connectivity index (χ0n) is 16.9. The Morgan fingerprint density at radius 1 is 1.16 bits per heavy atom. The Bertz CT molecular complexity index is 1070. The minimum Gasteiger partial charge on any atom is -0.379 e. The Hall–Kier alpha value is -2.98. The minimum absolute atomic E-state index is 0.0382. The second kappa shape index (κ2) is 8.64. The summed E-state index contributed by atoms with van der Waals surface area (Å²) in [5, 5.41) is 6.59. The van der Waals surface area contributed by atoms with Crippen molar-refractivity contribution >= 4 is 11.6 Å². The SMILES string of the molecule is Cc1ccc(-c2cc(C(F)(F)F)n3nc(C(=O)NCCN4CCOCC4)cc3n2)cc1. The molecule has 3 aromatic rings. The number of aromatic nitrogens is 3. The number of nitrogens with one attached hydrogen (secondary N) is 1. The largest absolute Gasteiger partial charge is 0.433 e. The lowest BCUT2D eigenvalue weighted by Crippen LogP contribution is -2.41. The Labute approximate surface area is 176 Å². The number of carbonyl (C=O) groups is 1. The summed E-state index contributed by atoms with van der Waals surface area (Å²) in [5.41, 5.74) is 0.571. The number of rotatable bonds is 5. The number of alkyl halides is 3. The molecular weight excluding hydrogens is 411 g/mol. The molecule has 1 fully saturated rings. The molecule has 1 aliphatic rings. The fourth-order valence-corrected chi connectivity index (χ4v) is 3.40. The molecule has 0 spiro atoms. The van der Waals surface area contributed by atoms with Crippen LogP contribution in [0, 0.1) is 6.92 Å². The van der Waals surface area contributed by atoms with Crippen LogP contribution in [0.5, 0.6) is 0 Å². The zero-order chi connectivity index (χ0) is 22.0. The van der Waals surface area contributed by atoms with Crippen LogP contribution < -0.4 is 5.32 Å². The van der Waals surface area contributed by atoms with Crippen LogP contribution in [0.15, 0.2) is 36.4 Å². The van der Waals surface area contributed by atoms with Gasteiger partial charge in [-0.3, -0.25) is 9.69 Å². The number of aryl methyl sites for hydroxylation is 1. The van der Waals surface area contributed by atoms with E-state index in [2.05, 4.69) is 20.3 Å². The van der Waals surface area contributed by atoms with Crippen molar-refractivity contribution in [2.24, 2.45) is 0 Å². The van der Waals surface area contributed by atoms with Crippen LogP contribution >= 0.6 is 0 Å². The molecule has 31 heavy (non-hydrogen) atoms. The van der Waals surface area contributed by atoms with Crippen molar-refractivity contribution in [2.75, 3.05) is 39.4 Å². The predicted molar refractivity (Wildman–Crippen MR) is 108 cm³/mol. The van der Waals surface area contributed by atoms with E-state index in [9.17, 15) is 18.0 Å². The summed E-state index contributed by atoms with van der Waals surface area (Å²) < 4.78 is 47.0. The van der Waals surface area contributed by atoms with Gasteiger partial charge >= 0.3 is 6.18 Å². The highest BCUT2D eigenvalue weighted by Gasteiger charge is 2.35. The van der Waals surface area contributed by atoms with Gasteiger partial charge in [-0.15, -0.1) is 0 Å². The molecular formula is C21H22F3N5O2. The van der Waals surface area contributed by atoms with E-state index in [-0.39, 0.29) is 17.0 Å². The summed E-state index contributed by atoms with van der Waals surface area (Å²) in [7, 11) is 0. The van der Waals surface area contributed by atoms with Gasteiger partial charge in [-0.2, -0.15) is 18.3 Å². The molecule has 0 atom stereocenters. The van der Waals surface area contributed by atoms with E-state index in [4.69, 9.17) is 4.74 Å². The summed E-state index contributed by atoms with van der Waals surface area (Å²) in [4.78, 5) is 18.9. The molecule has 1 N–H and O–H groups in total. The fourth-order valence-electron chi connectivity index (χ4n) is 3.40. The lowest BCUT2D eigenvalue weighted by Gasteiger charge is -2.26. The molecule has 4 rings (SSSR count). The second-order valence-corrected chi connectivity index (χ2v) is 7.40. The van der Waals surface area contributed by atoms with E-state index in [0.717, 1.165) is 24.7 Å². The Kier molecular flexibility index (Phi) is 5.92. The number of halogens is 3. The normalized spacial score (nSPS) is 15.4. The molecule has 1 saturated heterocycles. The second-order valence-electron chi connectivity index (χ2n) is 7.40. The van der Waals surface area contributed by atoms with Crippen LogP contribution in [0.4, 0.5) is 13.2 Å². The molecule has 3 heterocycles. The third kappa shape index (κ3) is 4.86. The van der Waals surface area contributed by atoms with Crippen LogP contribution in [-0.2, 0) is 10.9 Å². The summed E-state index contributed by atoms with van der Waals surface area (Å²) in [6.07, 6.45) is -4.66. The number of hydrogen-bond donors (Lipinski definition) is 1. The van der Waals surface area contributed by atoms with Gasteiger partial charge in [-0.25, -0.2) is 9.50 Å². The molecule has 0 saturated carbocycles. The van der Waals surface area contributed by atoms with E-state index < -0.39 is 17.8 Å². The monoisotopic (exact) mass is 433 g/mol. The topological polar surface area (TPSA) is 71.8 Å². The standard InChI is InChI=1S/C21H22F3N5O2/c1-14-2-4-15(5-3-14)16-12-18(21(22,23)24)29-19(26-16)13-17(27-29)20(30)25-6-7-28-8-10-31-11-9-28/h2-5,12-13H,6-11H2,1H3,(H,25,30). The molecule has 0 aliphatic carbocycles. The van der Waals surface area contributed by atoms with Crippen molar-refractivity contribution in [3.63, 3.8) is 0 Å². The number of hydrogen-bond acceptors (Lipinski definition) is 5. The number of nitrogens with zero attached hydrogens (tertiary/aromatic N) is 4. The number of benzene rings is 1. The molecule has 1 aliphatic heterocycles. The van der Waals surface area contributed by atoms with Gasteiger partial charge in [0.15, 0.2) is 17.0 Å². The molecule has 164 valence electrons. The molecule has 0 unspecified atom stereocenters. The number of morpholine rings is 1. The Morgan fingerprint density at radius 3 is 2.55 bits per heavy atom. The summed E-state index contributed by atoms with van der Waals surface area (Å²) >= 11 is 0. The maximum Gasteiger partial charge on any atom is 0.433 e. The average molecular weight is 433 g/mol. The molecule has 0 bridgehead atoms. The van der Waals surface area contributed by atoms with Gasteiger partial charge in [-0.05, 0) is 13.0 Å². The van der Waals surface area contributed by atoms with Crippen molar-refractivity contribution in [2.45, 2.75) is 13.1 Å². The third-order valence-corrected chi connectivity index (χ3v) is 5.11. The quantitative estimate of drug-likeness (QED) is 0.670. The van der Waals surface area contributed by atoms with Crippen LogP contribution in [0.2, 0.25) is 0 Å². The van der Waals surface area contributed by atoms with E-state index >= 15 is 0 Å². The number of carbonyl (C=O) groups excluding carboxylic acids is 1. The average Bonchev–Trinajstić information content (AvgIpc) is 3.18. The number of ether oxygens (including phenoxy) is 1. The van der Waals surface area contributed by atoms with E-state index in [1.54, 1.807) is 24.3 Å². The minimum atomic E-state index is -4.66. The number of amides is 1. The smallest absolute Gasteiger partial charge is 0.379 e. The molecule has 7 nitrogen and oxygen atoms in total. The van der Waals surface area contributed by atoms with Gasteiger partial charge in [-0.1, -0.05) is 29.8 Å². The van der Waals surface area contributed by atoms with Crippen LogP contribution in [0.25, 0.3) is 16.9 Å². The Morgan fingerprint density at radius 2 is 1.87 bits per heavy atom. The Balaban J connectivity index is 1.59. The first-order valence-corrected chi connectivity index (χ1v) is 9.94. The maximum atomic E-state index is 13.7. The first-order valence-electron chi connectivity index (χ1n) is 9.94. The molecule has 2 aromatic heterocycles. The van der Waals surface area contributed by atoms with Crippen LogP contribution in [0.1, 0.15) is 21.7 Å². The van der Waals surface area contributed by atoms with Crippen LogP contribution in [-0.4, -0.2) is 64.8 Å². The van der Waals surface area contributed by atoms with Crippen LogP contribution in [0.3, 0.4) is 0 Å². The lowest BCUT2D eigenvalue weighted by atomic mass is 10.1. The first kappa shape index (κ1) is 21.3. The van der Waals surface area contributed by atoms with E-state index in [0.29, 0.717) is 36.4 Å². The van der Waals surface area contributed by atoms with Gasteiger partial charge in [0.2, 0.25) is 0 Å².